The van der Waals surface area contributed by atoms with E-state index in [9.17, 15) is 13.2 Å². The predicted octanol–water partition coefficient (Wildman–Crippen LogP) is 4.80. The van der Waals surface area contributed by atoms with Crippen LogP contribution >= 0.6 is 34.5 Å². The highest BCUT2D eigenvalue weighted by Crippen LogP contribution is 2.24. The number of benzene rings is 2. The van der Waals surface area contributed by atoms with Crippen LogP contribution in [0.3, 0.4) is 0 Å². The van der Waals surface area contributed by atoms with Crippen LogP contribution in [0.2, 0.25) is 10.0 Å². The number of carbonyl (C=O) groups is 1. The van der Waals surface area contributed by atoms with Gasteiger partial charge >= 0.3 is 0 Å². The number of nitrogens with one attached hydrogen (secondary N) is 2. The fourth-order valence-corrected chi connectivity index (χ4v) is 5.32. The first-order valence-corrected chi connectivity index (χ1v) is 13.0. The van der Waals surface area contributed by atoms with Crippen LogP contribution in [0.25, 0.3) is 0 Å². The second-order valence-electron chi connectivity index (χ2n) is 7.27. The summed E-state index contributed by atoms with van der Waals surface area (Å²) in [4.78, 5) is 12.4. The minimum atomic E-state index is -3.86. The molecular formula is C21H22Cl2N4O4S2. The second kappa shape index (κ2) is 11.3. The molecule has 0 spiro atoms. The van der Waals surface area contributed by atoms with Crippen molar-refractivity contribution in [2.24, 2.45) is 0 Å². The van der Waals surface area contributed by atoms with Gasteiger partial charge in [0, 0.05) is 11.6 Å². The third-order valence-corrected chi connectivity index (χ3v) is 7.45. The highest BCUT2D eigenvalue weighted by Gasteiger charge is 2.21. The number of ether oxygens (including phenoxy) is 1. The monoisotopic (exact) mass is 528 g/mol. The molecule has 3 aromatic rings. The molecule has 0 aliphatic rings. The first-order valence-electron chi connectivity index (χ1n) is 9.99. The van der Waals surface area contributed by atoms with E-state index in [-0.39, 0.29) is 32.7 Å². The van der Waals surface area contributed by atoms with Crippen LogP contribution in [0.15, 0.2) is 46.8 Å². The molecule has 8 nitrogen and oxygen atoms in total. The lowest BCUT2D eigenvalue weighted by Crippen LogP contribution is -2.25. The van der Waals surface area contributed by atoms with Gasteiger partial charge in [-0.1, -0.05) is 46.7 Å². The number of anilines is 1. The average molecular weight is 529 g/mol. The Kier molecular flexibility index (Phi) is 8.66. The Balaban J connectivity index is 1.53. The average Bonchev–Trinajstić information content (AvgIpc) is 3.20. The van der Waals surface area contributed by atoms with Crippen LogP contribution in [0.4, 0.5) is 5.13 Å². The molecule has 0 saturated carbocycles. The van der Waals surface area contributed by atoms with E-state index in [0.717, 1.165) is 22.6 Å². The Labute approximate surface area is 206 Å². The largest absolute Gasteiger partial charge is 0.491 e. The van der Waals surface area contributed by atoms with Crippen LogP contribution in [0.5, 0.6) is 5.75 Å². The van der Waals surface area contributed by atoms with E-state index in [0.29, 0.717) is 17.9 Å². The second-order valence-corrected chi connectivity index (χ2v) is 11.0. The molecule has 1 amide bonds. The van der Waals surface area contributed by atoms with Gasteiger partial charge in [0.1, 0.15) is 5.75 Å². The van der Waals surface area contributed by atoms with Gasteiger partial charge in [0.05, 0.1) is 16.7 Å². The van der Waals surface area contributed by atoms with Crippen molar-refractivity contribution in [3.63, 3.8) is 0 Å². The summed E-state index contributed by atoms with van der Waals surface area (Å²) in [6.45, 7) is 4.14. The third kappa shape index (κ3) is 7.38. The summed E-state index contributed by atoms with van der Waals surface area (Å²) >= 11 is 12.6. The van der Waals surface area contributed by atoms with Crippen LogP contribution in [-0.4, -0.2) is 37.2 Å². The maximum Gasteiger partial charge on any atom is 0.269 e. The van der Waals surface area contributed by atoms with Crippen molar-refractivity contribution >= 4 is 55.6 Å². The fraction of sp³-hybridized carbons (Fsp3) is 0.286. The van der Waals surface area contributed by atoms with E-state index in [2.05, 4.69) is 20.2 Å². The molecule has 176 valence electrons. The zero-order valence-electron chi connectivity index (χ0n) is 17.8. The van der Waals surface area contributed by atoms with Crippen molar-refractivity contribution in [1.82, 2.24) is 14.9 Å². The Bertz CT molecular complexity index is 1230. The van der Waals surface area contributed by atoms with E-state index >= 15 is 0 Å². The Morgan fingerprint density at radius 3 is 2.67 bits per heavy atom. The van der Waals surface area contributed by atoms with Gasteiger partial charge in [-0.15, -0.1) is 10.2 Å². The van der Waals surface area contributed by atoms with E-state index in [1.807, 2.05) is 38.1 Å². The van der Waals surface area contributed by atoms with Crippen LogP contribution in [-0.2, 0) is 16.4 Å². The van der Waals surface area contributed by atoms with E-state index < -0.39 is 15.9 Å². The highest BCUT2D eigenvalue weighted by atomic mass is 35.5. The number of aromatic nitrogens is 2. The maximum absolute atomic E-state index is 12.5. The molecule has 0 saturated heterocycles. The van der Waals surface area contributed by atoms with Gasteiger partial charge < -0.3 is 4.74 Å². The first-order chi connectivity index (χ1) is 15.6. The molecule has 12 heteroatoms. The number of rotatable bonds is 10. The highest BCUT2D eigenvalue weighted by molar-refractivity contribution is 7.91. The molecule has 3 rings (SSSR count). The topological polar surface area (TPSA) is 110 Å². The van der Waals surface area contributed by atoms with E-state index in [4.69, 9.17) is 27.9 Å². The molecule has 1 aromatic heterocycles. The normalized spacial score (nSPS) is 11.5. The summed E-state index contributed by atoms with van der Waals surface area (Å²) in [6.07, 6.45) is 1.34. The Hall–Kier alpha value is -2.24. The molecule has 0 bridgehead atoms. The molecule has 2 N–H and O–H groups in total. The van der Waals surface area contributed by atoms with E-state index in [1.165, 1.54) is 18.2 Å². The van der Waals surface area contributed by atoms with Gasteiger partial charge in [0.25, 0.3) is 15.9 Å². The quantitative estimate of drug-likeness (QED) is 0.289. The van der Waals surface area contributed by atoms with Gasteiger partial charge in [-0.2, -0.15) is 0 Å². The molecule has 33 heavy (non-hydrogen) atoms. The number of nitrogens with zero attached hydrogens (tertiary/aromatic N) is 2. The number of hydrogen-bond acceptors (Lipinski definition) is 7. The van der Waals surface area contributed by atoms with Crippen molar-refractivity contribution in [2.45, 2.75) is 37.1 Å². The van der Waals surface area contributed by atoms with Gasteiger partial charge in [0.2, 0.25) is 9.47 Å². The molecular weight excluding hydrogens is 507 g/mol. The smallest absolute Gasteiger partial charge is 0.269 e. The minimum absolute atomic E-state index is 0.0355. The number of aryl methyl sites for hydroxylation is 1. The summed E-state index contributed by atoms with van der Waals surface area (Å²) < 4.78 is 33.0. The molecule has 0 fully saturated rings. The molecule has 0 radical (unpaired) electrons. The molecule has 0 atom stereocenters. The van der Waals surface area contributed by atoms with Crippen molar-refractivity contribution in [3.8, 4) is 5.75 Å². The van der Waals surface area contributed by atoms with Crippen molar-refractivity contribution < 1.29 is 17.9 Å². The summed E-state index contributed by atoms with van der Waals surface area (Å²) in [7, 11) is -3.86. The lowest BCUT2D eigenvalue weighted by Gasteiger charge is -2.11. The van der Waals surface area contributed by atoms with Crippen LogP contribution in [0.1, 0.15) is 36.2 Å². The molecule has 0 aliphatic heterocycles. The molecule has 0 aliphatic carbocycles. The summed E-state index contributed by atoms with van der Waals surface area (Å²) in [6, 6.07) is 12.1. The van der Waals surface area contributed by atoms with Gasteiger partial charge in [-0.05, 0) is 62.6 Å². The maximum atomic E-state index is 12.5. The molecule has 0 unspecified atom stereocenters. The minimum Gasteiger partial charge on any atom is -0.491 e. The number of sulfonamides is 1. The number of carbonyl (C=O) groups excluding carboxylic acids is 1. The zero-order valence-corrected chi connectivity index (χ0v) is 21.0. The first kappa shape index (κ1) is 25.4. The fourth-order valence-electron chi connectivity index (χ4n) is 2.81. The zero-order chi connectivity index (χ0) is 24.0. The van der Waals surface area contributed by atoms with Crippen molar-refractivity contribution in [3.05, 3.63) is 63.6 Å². The SMILES string of the molecule is CC(C)Oc1cccc(CCCNS(=O)(=O)c2nnc(NC(=O)c3ccc(Cl)cc3Cl)s2)c1. The predicted molar refractivity (Wildman–Crippen MR) is 130 cm³/mol. The van der Waals surface area contributed by atoms with Crippen LogP contribution in [0, 0.1) is 0 Å². The Morgan fingerprint density at radius 1 is 1.15 bits per heavy atom. The lowest BCUT2D eigenvalue weighted by molar-refractivity contribution is 0.102. The van der Waals surface area contributed by atoms with Gasteiger partial charge in [-0.25, -0.2) is 13.1 Å². The van der Waals surface area contributed by atoms with Crippen molar-refractivity contribution in [2.75, 3.05) is 11.9 Å². The summed E-state index contributed by atoms with van der Waals surface area (Å²) in [5.74, 6) is 0.236. The van der Waals surface area contributed by atoms with Crippen LogP contribution < -0.4 is 14.8 Å². The number of amides is 1. The summed E-state index contributed by atoms with van der Waals surface area (Å²) in [5.41, 5.74) is 1.23. The number of halogens is 2. The van der Waals surface area contributed by atoms with Gasteiger partial charge in [-0.3, -0.25) is 10.1 Å². The Morgan fingerprint density at radius 2 is 1.94 bits per heavy atom. The molecule has 1 heterocycles. The lowest BCUT2D eigenvalue weighted by atomic mass is 10.1. The molecule has 2 aromatic carbocycles. The van der Waals surface area contributed by atoms with Gasteiger partial charge in [0.15, 0.2) is 0 Å². The van der Waals surface area contributed by atoms with Crippen molar-refractivity contribution in [1.29, 1.82) is 0 Å². The summed E-state index contributed by atoms with van der Waals surface area (Å²) in [5, 5.41) is 10.5. The number of hydrogen-bond donors (Lipinski definition) is 2. The van der Waals surface area contributed by atoms with E-state index in [1.54, 1.807) is 0 Å². The third-order valence-electron chi connectivity index (χ3n) is 4.24. The standard InChI is InChI=1S/C21H22Cl2N4O4S2/c1-13(2)31-16-7-3-5-14(11-16)6-4-10-24-33(29,30)21-27-26-20(32-21)25-19(28)17-9-8-15(22)12-18(17)23/h3,5,7-9,11-13,24H,4,6,10H2,1-2H3,(H,25,26,28).